The average Bonchev–Trinajstić information content (AvgIpc) is 2.61. The lowest BCUT2D eigenvalue weighted by atomic mass is 9.86. The second-order valence-electron chi connectivity index (χ2n) is 7.93. The van der Waals surface area contributed by atoms with Crippen LogP contribution in [0.3, 0.4) is 0 Å². The van der Waals surface area contributed by atoms with E-state index in [9.17, 15) is 0 Å². The smallest absolute Gasteiger partial charge is 0.147 e. The highest BCUT2D eigenvalue weighted by molar-refractivity contribution is 6.03. The van der Waals surface area contributed by atoms with E-state index in [0.717, 1.165) is 36.3 Å². The lowest BCUT2D eigenvalue weighted by Gasteiger charge is -2.21. The Balaban J connectivity index is 1.72. The molecule has 3 aromatic rings. The van der Waals surface area contributed by atoms with Gasteiger partial charge in [-0.15, -0.1) is 0 Å². The van der Waals surface area contributed by atoms with Gasteiger partial charge in [0.2, 0.25) is 0 Å². The van der Waals surface area contributed by atoms with Gasteiger partial charge in [-0.1, -0.05) is 23.3 Å². The zero-order chi connectivity index (χ0) is 19.1. The van der Waals surface area contributed by atoms with Crippen LogP contribution >= 0.6 is 0 Å². The average molecular weight is 358 g/mol. The molecule has 3 heteroatoms. The fourth-order valence-corrected chi connectivity index (χ4v) is 4.30. The number of nitrogens with one attached hydrogen (secondary N) is 1. The molecule has 4 rings (SSSR count). The summed E-state index contributed by atoms with van der Waals surface area (Å²) in [5.74, 6) is 0.816. The van der Waals surface area contributed by atoms with E-state index in [1.807, 2.05) is 0 Å². The second-order valence-corrected chi connectivity index (χ2v) is 7.93. The van der Waals surface area contributed by atoms with E-state index < -0.39 is 0 Å². The highest BCUT2D eigenvalue weighted by atomic mass is 15.3. The molecule has 0 spiro atoms. The van der Waals surface area contributed by atoms with Crippen molar-refractivity contribution in [3.63, 3.8) is 0 Å². The fourth-order valence-electron chi connectivity index (χ4n) is 4.30. The molecule has 27 heavy (non-hydrogen) atoms. The molecule has 0 saturated heterocycles. The van der Waals surface area contributed by atoms with Crippen molar-refractivity contribution in [2.24, 2.45) is 5.10 Å². The molecule has 1 heterocycles. The molecular weight excluding hydrogens is 330 g/mol. The first-order valence-corrected chi connectivity index (χ1v) is 9.74. The third-order valence-corrected chi connectivity index (χ3v) is 5.53. The van der Waals surface area contributed by atoms with Crippen molar-refractivity contribution < 1.29 is 0 Å². The van der Waals surface area contributed by atoms with Crippen LogP contribution in [0.25, 0.3) is 10.9 Å². The number of anilines is 1. The first-order chi connectivity index (χ1) is 12.9. The van der Waals surface area contributed by atoms with Crippen LogP contribution in [0.1, 0.15) is 51.8 Å². The Morgan fingerprint density at radius 2 is 1.56 bits per heavy atom. The number of aryl methyl sites for hydroxylation is 5. The number of hydrogen-bond donors (Lipinski definition) is 1. The number of nitrogens with zero attached hydrogens (tertiary/aromatic N) is 2. The predicted octanol–water partition coefficient (Wildman–Crippen LogP) is 5.93. The molecule has 0 atom stereocenters. The van der Waals surface area contributed by atoms with Gasteiger partial charge < -0.3 is 0 Å². The van der Waals surface area contributed by atoms with E-state index in [1.165, 1.54) is 44.3 Å². The summed E-state index contributed by atoms with van der Waals surface area (Å²) in [5, 5.41) is 6.00. The highest BCUT2D eigenvalue weighted by Crippen LogP contribution is 2.27. The minimum absolute atomic E-state index is 0.816. The van der Waals surface area contributed by atoms with Gasteiger partial charge >= 0.3 is 0 Å². The summed E-state index contributed by atoms with van der Waals surface area (Å²) < 4.78 is 0. The van der Waals surface area contributed by atoms with Crippen LogP contribution < -0.4 is 5.43 Å². The number of hydrazone groups is 1. The second kappa shape index (κ2) is 6.80. The predicted molar refractivity (Wildman–Crippen MR) is 115 cm³/mol. The van der Waals surface area contributed by atoms with Crippen molar-refractivity contribution in [1.82, 2.24) is 4.98 Å². The topological polar surface area (TPSA) is 37.3 Å². The van der Waals surface area contributed by atoms with E-state index >= 15 is 0 Å². The number of rotatable bonds is 2. The Bertz CT molecular complexity index is 1080. The largest absolute Gasteiger partial charge is 0.261 e. The molecule has 0 bridgehead atoms. The van der Waals surface area contributed by atoms with Crippen LogP contribution in [0, 0.1) is 34.6 Å². The van der Waals surface area contributed by atoms with E-state index in [0.29, 0.717) is 0 Å². The molecule has 0 fully saturated rings. The first-order valence-electron chi connectivity index (χ1n) is 9.74. The Morgan fingerprint density at radius 1 is 0.815 bits per heavy atom. The van der Waals surface area contributed by atoms with E-state index in [2.05, 4.69) is 70.4 Å². The summed E-state index contributed by atoms with van der Waals surface area (Å²) in [5.41, 5.74) is 14.6. The third kappa shape index (κ3) is 3.34. The van der Waals surface area contributed by atoms with Crippen molar-refractivity contribution in [3.05, 3.63) is 69.3 Å². The van der Waals surface area contributed by atoms with Crippen molar-refractivity contribution in [3.8, 4) is 0 Å². The summed E-state index contributed by atoms with van der Waals surface area (Å²) in [6.07, 6.45) is 3.31. The number of aromatic nitrogens is 1. The zero-order valence-corrected chi connectivity index (χ0v) is 16.9. The van der Waals surface area contributed by atoms with Gasteiger partial charge in [0.1, 0.15) is 5.82 Å². The molecule has 0 saturated carbocycles. The normalized spacial score (nSPS) is 15.2. The number of pyridine rings is 1. The standard InChI is InChI=1S/C24H27N3/c1-14-9-16(3)19-7-6-8-22(21(19)12-14)26-27-23-13-17(4)20-11-15(2)10-18(5)24(20)25-23/h9-13H,6-8H2,1-5H3,(H,25,27)/b26-22+. The molecule has 1 aliphatic carbocycles. The SMILES string of the molecule is Cc1cc(C)c2c(c1)/C(=N/Nc1cc(C)c3cc(C)cc(C)c3n1)CCC2. The monoisotopic (exact) mass is 357 g/mol. The zero-order valence-electron chi connectivity index (χ0n) is 16.9. The van der Waals surface area contributed by atoms with E-state index in [-0.39, 0.29) is 0 Å². The maximum absolute atomic E-state index is 4.83. The molecule has 0 unspecified atom stereocenters. The molecular formula is C24H27N3. The van der Waals surface area contributed by atoms with Gasteiger partial charge in [0.15, 0.2) is 0 Å². The van der Waals surface area contributed by atoms with Crippen LogP contribution in [0.15, 0.2) is 35.4 Å². The Hall–Kier alpha value is -2.68. The summed E-state index contributed by atoms with van der Waals surface area (Å²) in [7, 11) is 0. The molecule has 138 valence electrons. The van der Waals surface area contributed by atoms with Crippen molar-refractivity contribution in [2.75, 3.05) is 5.43 Å². The molecule has 1 N–H and O–H groups in total. The van der Waals surface area contributed by atoms with Crippen LogP contribution in [0.2, 0.25) is 0 Å². The maximum atomic E-state index is 4.83. The third-order valence-electron chi connectivity index (χ3n) is 5.53. The summed E-state index contributed by atoms with van der Waals surface area (Å²) in [4.78, 5) is 4.83. The van der Waals surface area contributed by atoms with Crippen LogP contribution in [-0.2, 0) is 6.42 Å². The van der Waals surface area contributed by atoms with Gasteiger partial charge in [0.05, 0.1) is 11.2 Å². The lowest BCUT2D eigenvalue weighted by molar-refractivity contribution is 0.829. The Kier molecular flexibility index (Phi) is 4.47. The van der Waals surface area contributed by atoms with Gasteiger partial charge in [-0.3, -0.25) is 5.43 Å². The van der Waals surface area contributed by atoms with E-state index in [1.54, 1.807) is 0 Å². The maximum Gasteiger partial charge on any atom is 0.147 e. The van der Waals surface area contributed by atoms with Crippen molar-refractivity contribution in [1.29, 1.82) is 0 Å². The summed E-state index contributed by atoms with van der Waals surface area (Å²) in [6, 6.07) is 11.0. The van der Waals surface area contributed by atoms with Gasteiger partial charge in [-0.25, -0.2) is 4.98 Å². The first kappa shape index (κ1) is 17.7. The van der Waals surface area contributed by atoms with Gasteiger partial charge in [-0.05, 0) is 94.3 Å². The van der Waals surface area contributed by atoms with Gasteiger partial charge in [-0.2, -0.15) is 5.10 Å². The molecule has 3 nitrogen and oxygen atoms in total. The molecule has 0 amide bonds. The Morgan fingerprint density at radius 3 is 2.37 bits per heavy atom. The number of benzene rings is 2. The molecule has 1 aromatic heterocycles. The molecule has 2 aromatic carbocycles. The van der Waals surface area contributed by atoms with Gasteiger partial charge in [0, 0.05) is 10.9 Å². The number of hydrogen-bond acceptors (Lipinski definition) is 3. The number of fused-ring (bicyclic) bond motifs is 2. The van der Waals surface area contributed by atoms with Gasteiger partial charge in [0.25, 0.3) is 0 Å². The van der Waals surface area contributed by atoms with Crippen LogP contribution in [0.5, 0.6) is 0 Å². The van der Waals surface area contributed by atoms with Crippen molar-refractivity contribution in [2.45, 2.75) is 53.9 Å². The van der Waals surface area contributed by atoms with E-state index in [4.69, 9.17) is 10.1 Å². The Labute approximate surface area is 161 Å². The minimum Gasteiger partial charge on any atom is -0.261 e. The lowest BCUT2D eigenvalue weighted by Crippen LogP contribution is -2.15. The highest BCUT2D eigenvalue weighted by Gasteiger charge is 2.18. The van der Waals surface area contributed by atoms with Crippen LogP contribution in [0.4, 0.5) is 5.82 Å². The fraction of sp³-hybridized carbons (Fsp3) is 0.333. The minimum atomic E-state index is 0.816. The molecule has 0 radical (unpaired) electrons. The molecule has 0 aliphatic heterocycles. The van der Waals surface area contributed by atoms with Crippen LogP contribution in [-0.4, -0.2) is 10.7 Å². The summed E-state index contributed by atoms with van der Waals surface area (Å²) >= 11 is 0. The quantitative estimate of drug-likeness (QED) is 0.577. The van der Waals surface area contributed by atoms with Crippen molar-refractivity contribution >= 4 is 22.4 Å². The molecule has 1 aliphatic rings. The summed E-state index contributed by atoms with van der Waals surface area (Å²) in [6.45, 7) is 10.8.